The summed E-state index contributed by atoms with van der Waals surface area (Å²) in [5.74, 6) is 2.52. The van der Waals surface area contributed by atoms with Gasteiger partial charge in [0.25, 0.3) is 0 Å². The van der Waals surface area contributed by atoms with Gasteiger partial charge < -0.3 is 5.32 Å². The molecule has 0 saturated heterocycles. The first kappa shape index (κ1) is 13.4. The molecule has 4 atom stereocenters. The van der Waals surface area contributed by atoms with Crippen LogP contribution < -0.4 is 5.32 Å². The smallest absolute Gasteiger partial charge is 0.244 e. The van der Waals surface area contributed by atoms with E-state index in [2.05, 4.69) is 12.2 Å². The highest BCUT2D eigenvalue weighted by molar-refractivity contribution is 5.91. The topological polar surface area (TPSA) is 29.1 Å². The molecule has 1 aromatic carbocycles. The third kappa shape index (κ3) is 2.95. The van der Waals surface area contributed by atoms with Gasteiger partial charge in [-0.05, 0) is 55.6 Å². The molecule has 1 aromatic rings. The highest BCUT2D eigenvalue weighted by atomic mass is 16.1. The Balaban J connectivity index is 1.52. The normalized spacial score (nSPS) is 29.8. The summed E-state index contributed by atoms with van der Waals surface area (Å²) in [5.41, 5.74) is 1.07. The Bertz CT molecular complexity index is 493. The molecule has 2 aliphatic rings. The molecule has 0 spiro atoms. The summed E-state index contributed by atoms with van der Waals surface area (Å²) in [6.07, 6.45) is 9.02. The fourth-order valence-corrected chi connectivity index (χ4v) is 4.02. The number of benzene rings is 1. The lowest BCUT2D eigenvalue weighted by atomic mass is 9.84. The van der Waals surface area contributed by atoms with Crippen LogP contribution in [-0.4, -0.2) is 11.9 Å². The molecule has 2 bridgehead atoms. The highest BCUT2D eigenvalue weighted by Gasteiger charge is 2.41. The molecule has 0 radical (unpaired) electrons. The van der Waals surface area contributed by atoms with Crippen LogP contribution in [0.2, 0.25) is 0 Å². The zero-order valence-electron chi connectivity index (χ0n) is 12.1. The Morgan fingerprint density at radius 1 is 1.25 bits per heavy atom. The van der Waals surface area contributed by atoms with E-state index in [4.69, 9.17) is 0 Å². The van der Waals surface area contributed by atoms with Gasteiger partial charge in [-0.15, -0.1) is 0 Å². The lowest BCUT2D eigenvalue weighted by Crippen LogP contribution is -2.39. The molecule has 2 saturated carbocycles. The Kier molecular flexibility index (Phi) is 3.90. The van der Waals surface area contributed by atoms with Gasteiger partial charge in [-0.2, -0.15) is 0 Å². The third-order valence-corrected chi connectivity index (χ3v) is 5.03. The maximum atomic E-state index is 12.0. The van der Waals surface area contributed by atoms with Crippen LogP contribution >= 0.6 is 0 Å². The zero-order valence-corrected chi connectivity index (χ0v) is 12.1. The molecule has 0 unspecified atom stereocenters. The van der Waals surface area contributed by atoms with Crippen LogP contribution in [0.25, 0.3) is 6.08 Å². The molecule has 2 heteroatoms. The highest BCUT2D eigenvalue weighted by Crippen LogP contribution is 2.49. The van der Waals surface area contributed by atoms with Crippen LogP contribution in [0.4, 0.5) is 0 Å². The molecule has 20 heavy (non-hydrogen) atoms. The zero-order chi connectivity index (χ0) is 13.9. The summed E-state index contributed by atoms with van der Waals surface area (Å²) in [7, 11) is 0. The van der Waals surface area contributed by atoms with Crippen LogP contribution in [0.15, 0.2) is 36.4 Å². The minimum Gasteiger partial charge on any atom is -0.350 e. The first-order valence-electron chi connectivity index (χ1n) is 7.76. The quantitative estimate of drug-likeness (QED) is 0.831. The van der Waals surface area contributed by atoms with Crippen molar-refractivity contribution in [2.24, 2.45) is 17.8 Å². The van der Waals surface area contributed by atoms with E-state index < -0.39 is 0 Å². The standard InChI is InChI=1S/C18H23NO/c1-13(17-12-15-7-9-16(17)11-15)19-18(20)10-8-14-5-3-2-4-6-14/h2-6,8,10,13,15-17H,7,9,11-12H2,1H3,(H,19,20)/b10-8+/t13-,15-,16-,17-/m1/s1. The molecule has 1 amide bonds. The number of nitrogens with one attached hydrogen (secondary N) is 1. The summed E-state index contributed by atoms with van der Waals surface area (Å²) < 4.78 is 0. The van der Waals surface area contributed by atoms with Gasteiger partial charge in [0.2, 0.25) is 5.91 Å². The molecule has 3 rings (SSSR count). The SMILES string of the molecule is C[C@@H](NC(=O)/C=C/c1ccccc1)[C@H]1C[C@@H]2CC[C@@H]1C2. The average molecular weight is 269 g/mol. The van der Waals surface area contributed by atoms with Gasteiger partial charge in [-0.25, -0.2) is 0 Å². The lowest BCUT2D eigenvalue weighted by Gasteiger charge is -2.28. The molecule has 0 aromatic heterocycles. The average Bonchev–Trinajstić information content (AvgIpc) is 3.09. The Labute approximate surface area is 121 Å². The maximum Gasteiger partial charge on any atom is 0.244 e. The minimum absolute atomic E-state index is 0.0316. The summed E-state index contributed by atoms with van der Waals surface area (Å²) in [6, 6.07) is 10.3. The number of hydrogen-bond donors (Lipinski definition) is 1. The fourth-order valence-electron chi connectivity index (χ4n) is 4.02. The second-order valence-electron chi connectivity index (χ2n) is 6.38. The molecule has 2 nitrogen and oxygen atoms in total. The lowest BCUT2D eigenvalue weighted by molar-refractivity contribution is -0.117. The summed E-state index contributed by atoms with van der Waals surface area (Å²) in [6.45, 7) is 2.17. The fraction of sp³-hybridized carbons (Fsp3) is 0.500. The van der Waals surface area contributed by atoms with Crippen molar-refractivity contribution in [3.63, 3.8) is 0 Å². The van der Waals surface area contributed by atoms with Crippen LogP contribution in [0.1, 0.15) is 38.2 Å². The number of fused-ring (bicyclic) bond motifs is 2. The van der Waals surface area contributed by atoms with Crippen LogP contribution in [-0.2, 0) is 4.79 Å². The van der Waals surface area contributed by atoms with Crippen molar-refractivity contribution in [2.45, 2.75) is 38.6 Å². The largest absolute Gasteiger partial charge is 0.350 e. The van der Waals surface area contributed by atoms with E-state index in [1.807, 2.05) is 36.4 Å². The molecular formula is C18H23NO. The van der Waals surface area contributed by atoms with E-state index in [0.717, 1.165) is 17.4 Å². The van der Waals surface area contributed by atoms with Crippen molar-refractivity contribution in [1.82, 2.24) is 5.32 Å². The number of carbonyl (C=O) groups is 1. The predicted octanol–water partition coefficient (Wildman–Crippen LogP) is 3.64. The molecule has 106 valence electrons. The van der Waals surface area contributed by atoms with Crippen LogP contribution in [0.3, 0.4) is 0 Å². The van der Waals surface area contributed by atoms with E-state index >= 15 is 0 Å². The van der Waals surface area contributed by atoms with Crippen molar-refractivity contribution in [1.29, 1.82) is 0 Å². The van der Waals surface area contributed by atoms with Gasteiger partial charge >= 0.3 is 0 Å². The molecule has 0 aliphatic heterocycles. The second-order valence-corrected chi connectivity index (χ2v) is 6.38. The number of rotatable bonds is 4. The van der Waals surface area contributed by atoms with Crippen molar-refractivity contribution in [3.05, 3.63) is 42.0 Å². The van der Waals surface area contributed by atoms with E-state index in [1.165, 1.54) is 25.7 Å². The second kappa shape index (κ2) is 5.82. The molecule has 2 fully saturated rings. The van der Waals surface area contributed by atoms with E-state index in [0.29, 0.717) is 12.0 Å². The monoisotopic (exact) mass is 269 g/mol. The molecule has 1 N–H and O–H groups in total. The third-order valence-electron chi connectivity index (χ3n) is 5.03. The van der Waals surface area contributed by atoms with Crippen LogP contribution in [0, 0.1) is 17.8 Å². The molecule has 0 heterocycles. The Morgan fingerprint density at radius 3 is 2.70 bits per heavy atom. The number of carbonyl (C=O) groups excluding carboxylic acids is 1. The van der Waals surface area contributed by atoms with Gasteiger partial charge in [0.1, 0.15) is 0 Å². The number of hydrogen-bond acceptors (Lipinski definition) is 1. The van der Waals surface area contributed by atoms with E-state index in [1.54, 1.807) is 6.08 Å². The first-order chi connectivity index (χ1) is 9.72. The minimum atomic E-state index is 0.0316. The first-order valence-corrected chi connectivity index (χ1v) is 7.76. The van der Waals surface area contributed by atoms with Gasteiger partial charge in [-0.1, -0.05) is 36.8 Å². The van der Waals surface area contributed by atoms with Crippen molar-refractivity contribution in [3.8, 4) is 0 Å². The summed E-state index contributed by atoms with van der Waals surface area (Å²) in [5, 5.41) is 3.15. The number of amides is 1. The van der Waals surface area contributed by atoms with Crippen molar-refractivity contribution in [2.75, 3.05) is 0 Å². The van der Waals surface area contributed by atoms with Crippen molar-refractivity contribution < 1.29 is 4.79 Å². The summed E-state index contributed by atoms with van der Waals surface area (Å²) >= 11 is 0. The van der Waals surface area contributed by atoms with E-state index in [9.17, 15) is 4.79 Å². The Morgan fingerprint density at radius 2 is 2.05 bits per heavy atom. The predicted molar refractivity (Wildman–Crippen MR) is 82.0 cm³/mol. The maximum absolute atomic E-state index is 12.0. The summed E-state index contributed by atoms with van der Waals surface area (Å²) in [4.78, 5) is 12.0. The van der Waals surface area contributed by atoms with Crippen LogP contribution in [0.5, 0.6) is 0 Å². The van der Waals surface area contributed by atoms with Gasteiger partial charge in [0, 0.05) is 12.1 Å². The van der Waals surface area contributed by atoms with E-state index in [-0.39, 0.29) is 5.91 Å². The van der Waals surface area contributed by atoms with Gasteiger partial charge in [0.05, 0.1) is 0 Å². The van der Waals surface area contributed by atoms with Crippen molar-refractivity contribution >= 4 is 12.0 Å². The van der Waals surface area contributed by atoms with Gasteiger partial charge in [0.15, 0.2) is 0 Å². The Hall–Kier alpha value is -1.57. The van der Waals surface area contributed by atoms with Gasteiger partial charge in [-0.3, -0.25) is 4.79 Å². The molecular weight excluding hydrogens is 246 g/mol. The molecule has 2 aliphatic carbocycles.